The fourth-order valence-electron chi connectivity index (χ4n) is 1.61. The minimum Gasteiger partial charge on any atom is -0.375 e. The Morgan fingerprint density at radius 2 is 1.57 bits per heavy atom. The first kappa shape index (κ1) is 14.9. The van der Waals surface area contributed by atoms with Crippen LogP contribution in [0.4, 0.5) is 5.69 Å². The number of halogens is 1. The molecule has 2 amide bonds. The summed E-state index contributed by atoms with van der Waals surface area (Å²) in [4.78, 5) is 23.3. The average molecular weight is 304 g/mol. The third-order valence-electron chi connectivity index (χ3n) is 2.66. The second-order valence-electron chi connectivity index (χ2n) is 4.20. The molecule has 0 aromatic heterocycles. The molecule has 0 saturated heterocycles. The number of benzene rings is 2. The van der Waals surface area contributed by atoms with Gasteiger partial charge in [-0.2, -0.15) is 0 Å². The van der Waals surface area contributed by atoms with Crippen molar-refractivity contribution in [1.82, 2.24) is 10.9 Å². The minimum absolute atomic E-state index is 0.00119. The molecule has 0 aliphatic heterocycles. The van der Waals surface area contributed by atoms with Crippen molar-refractivity contribution in [2.75, 3.05) is 11.9 Å². The fourth-order valence-corrected chi connectivity index (χ4v) is 1.81. The smallest absolute Gasteiger partial charge is 0.269 e. The molecular formula is C15H14ClN3O2. The number of hydrogen-bond acceptors (Lipinski definition) is 3. The number of para-hydroxylation sites is 1. The second-order valence-corrected chi connectivity index (χ2v) is 4.61. The van der Waals surface area contributed by atoms with Crippen molar-refractivity contribution >= 4 is 29.1 Å². The van der Waals surface area contributed by atoms with E-state index in [1.807, 2.05) is 12.1 Å². The Kier molecular flexibility index (Phi) is 5.17. The van der Waals surface area contributed by atoms with Gasteiger partial charge in [0.15, 0.2) is 0 Å². The van der Waals surface area contributed by atoms with E-state index in [4.69, 9.17) is 11.6 Å². The van der Waals surface area contributed by atoms with Crippen LogP contribution in [0.15, 0.2) is 54.6 Å². The minimum atomic E-state index is -0.376. The van der Waals surface area contributed by atoms with Crippen molar-refractivity contribution in [2.24, 2.45) is 0 Å². The zero-order chi connectivity index (χ0) is 15.1. The van der Waals surface area contributed by atoms with E-state index in [-0.39, 0.29) is 18.4 Å². The van der Waals surface area contributed by atoms with Gasteiger partial charge < -0.3 is 5.32 Å². The Morgan fingerprint density at radius 1 is 0.905 bits per heavy atom. The first-order chi connectivity index (χ1) is 10.2. The maximum absolute atomic E-state index is 11.7. The van der Waals surface area contributed by atoms with E-state index in [2.05, 4.69) is 16.2 Å². The number of anilines is 1. The normalized spacial score (nSPS) is 9.76. The molecule has 0 unspecified atom stereocenters. The lowest BCUT2D eigenvalue weighted by Crippen LogP contribution is -2.44. The number of hydrazine groups is 1. The summed E-state index contributed by atoms with van der Waals surface area (Å²) in [7, 11) is 0. The van der Waals surface area contributed by atoms with Crippen LogP contribution in [0.25, 0.3) is 0 Å². The van der Waals surface area contributed by atoms with Gasteiger partial charge in [-0.25, -0.2) is 0 Å². The van der Waals surface area contributed by atoms with Crippen molar-refractivity contribution in [3.63, 3.8) is 0 Å². The average Bonchev–Trinajstić information content (AvgIpc) is 2.52. The van der Waals surface area contributed by atoms with Crippen molar-refractivity contribution in [1.29, 1.82) is 0 Å². The lowest BCUT2D eigenvalue weighted by Gasteiger charge is -2.10. The highest BCUT2D eigenvalue weighted by atomic mass is 35.5. The summed E-state index contributed by atoms with van der Waals surface area (Å²) < 4.78 is 0. The monoisotopic (exact) mass is 303 g/mol. The zero-order valence-electron chi connectivity index (χ0n) is 11.1. The Balaban J connectivity index is 1.78. The van der Waals surface area contributed by atoms with Gasteiger partial charge in [-0.1, -0.05) is 41.9 Å². The lowest BCUT2D eigenvalue weighted by molar-refractivity contribution is -0.120. The van der Waals surface area contributed by atoms with Crippen LogP contribution in [-0.4, -0.2) is 18.4 Å². The molecule has 0 aliphatic carbocycles. The van der Waals surface area contributed by atoms with Crippen LogP contribution < -0.4 is 16.2 Å². The molecule has 2 aromatic rings. The molecule has 0 fully saturated rings. The van der Waals surface area contributed by atoms with Gasteiger partial charge in [0.05, 0.1) is 17.3 Å². The molecule has 0 heterocycles. The molecule has 0 radical (unpaired) electrons. The SMILES string of the molecule is O=C(CNc1ccccc1Cl)NNC(=O)c1ccccc1. The van der Waals surface area contributed by atoms with Gasteiger partial charge >= 0.3 is 0 Å². The molecule has 0 saturated carbocycles. The molecule has 3 N–H and O–H groups in total. The van der Waals surface area contributed by atoms with Gasteiger partial charge in [0.1, 0.15) is 0 Å². The summed E-state index contributed by atoms with van der Waals surface area (Å²) in [6.45, 7) is -0.00119. The van der Waals surface area contributed by atoms with Crippen molar-refractivity contribution in [2.45, 2.75) is 0 Å². The van der Waals surface area contributed by atoms with Crippen molar-refractivity contribution < 1.29 is 9.59 Å². The predicted molar refractivity (Wildman–Crippen MR) is 82.0 cm³/mol. The van der Waals surface area contributed by atoms with Gasteiger partial charge in [-0.15, -0.1) is 0 Å². The molecule has 21 heavy (non-hydrogen) atoms. The van der Waals surface area contributed by atoms with E-state index in [9.17, 15) is 9.59 Å². The Hall–Kier alpha value is -2.53. The number of nitrogens with one attached hydrogen (secondary N) is 3. The van der Waals surface area contributed by atoms with Crippen LogP contribution in [0.3, 0.4) is 0 Å². The molecule has 2 rings (SSSR count). The van der Waals surface area contributed by atoms with Crippen molar-refractivity contribution in [3.8, 4) is 0 Å². The predicted octanol–water partition coefficient (Wildman–Crippen LogP) is 2.21. The molecule has 2 aromatic carbocycles. The first-order valence-corrected chi connectivity index (χ1v) is 6.67. The van der Waals surface area contributed by atoms with Crippen molar-refractivity contribution in [3.05, 3.63) is 65.2 Å². The summed E-state index contributed by atoms with van der Waals surface area (Å²) in [5, 5.41) is 3.41. The second kappa shape index (κ2) is 7.31. The van der Waals surface area contributed by atoms with Gasteiger partial charge in [0.25, 0.3) is 11.8 Å². The fraction of sp³-hybridized carbons (Fsp3) is 0.0667. The van der Waals surface area contributed by atoms with E-state index in [1.54, 1.807) is 42.5 Å². The topological polar surface area (TPSA) is 70.2 Å². The van der Waals surface area contributed by atoms with Crippen LogP contribution in [0, 0.1) is 0 Å². The highest BCUT2D eigenvalue weighted by molar-refractivity contribution is 6.33. The van der Waals surface area contributed by atoms with Gasteiger partial charge in [0, 0.05) is 5.56 Å². The van der Waals surface area contributed by atoms with Crippen LogP contribution in [0.1, 0.15) is 10.4 Å². The summed E-state index contributed by atoms with van der Waals surface area (Å²) >= 11 is 5.95. The van der Waals surface area contributed by atoms with E-state index >= 15 is 0 Å². The standard InChI is InChI=1S/C15H14ClN3O2/c16-12-8-4-5-9-13(12)17-10-14(20)18-19-15(21)11-6-2-1-3-7-11/h1-9,17H,10H2,(H,18,20)(H,19,21). The largest absolute Gasteiger partial charge is 0.375 e. The number of hydrogen-bond donors (Lipinski definition) is 3. The molecule has 108 valence electrons. The summed E-state index contributed by atoms with van der Waals surface area (Å²) in [5.41, 5.74) is 5.79. The Labute approximate surface area is 127 Å². The van der Waals surface area contributed by atoms with E-state index in [0.29, 0.717) is 16.3 Å². The molecule has 6 heteroatoms. The Bertz CT molecular complexity index is 632. The number of amides is 2. The van der Waals surface area contributed by atoms with Crippen LogP contribution in [0.2, 0.25) is 5.02 Å². The lowest BCUT2D eigenvalue weighted by atomic mass is 10.2. The Morgan fingerprint density at radius 3 is 2.29 bits per heavy atom. The molecule has 0 bridgehead atoms. The molecular weight excluding hydrogens is 290 g/mol. The maximum Gasteiger partial charge on any atom is 0.269 e. The highest BCUT2D eigenvalue weighted by Crippen LogP contribution is 2.19. The summed E-state index contributed by atoms with van der Waals surface area (Å²) in [6.07, 6.45) is 0. The summed E-state index contributed by atoms with van der Waals surface area (Å²) in [5.74, 6) is -0.749. The quantitative estimate of drug-likeness (QED) is 0.759. The molecule has 0 atom stereocenters. The van der Waals surface area contributed by atoms with Gasteiger partial charge in [-0.3, -0.25) is 20.4 Å². The highest BCUT2D eigenvalue weighted by Gasteiger charge is 2.07. The number of rotatable bonds is 4. The van der Waals surface area contributed by atoms with Crippen LogP contribution >= 0.6 is 11.6 Å². The third-order valence-corrected chi connectivity index (χ3v) is 2.99. The van der Waals surface area contributed by atoms with Crippen LogP contribution in [0.5, 0.6) is 0 Å². The third kappa shape index (κ3) is 4.50. The summed E-state index contributed by atoms with van der Waals surface area (Å²) in [6, 6.07) is 15.7. The maximum atomic E-state index is 11.7. The van der Waals surface area contributed by atoms with Crippen LogP contribution in [-0.2, 0) is 4.79 Å². The first-order valence-electron chi connectivity index (χ1n) is 6.29. The molecule has 5 nitrogen and oxygen atoms in total. The molecule has 0 aliphatic rings. The molecule has 0 spiro atoms. The van der Waals surface area contributed by atoms with Gasteiger partial charge in [0.2, 0.25) is 0 Å². The van der Waals surface area contributed by atoms with E-state index in [1.165, 1.54) is 0 Å². The van der Waals surface area contributed by atoms with E-state index < -0.39 is 0 Å². The zero-order valence-corrected chi connectivity index (χ0v) is 11.9. The van der Waals surface area contributed by atoms with E-state index in [0.717, 1.165) is 0 Å². The van der Waals surface area contributed by atoms with Gasteiger partial charge in [-0.05, 0) is 24.3 Å². The number of carbonyl (C=O) groups is 2. The number of carbonyl (C=O) groups excluding carboxylic acids is 2.